The molecular formula is C16H27N3. The summed E-state index contributed by atoms with van der Waals surface area (Å²) in [5.41, 5.74) is 2.27. The average molecular weight is 261 g/mol. The molecule has 3 unspecified atom stereocenters. The summed E-state index contributed by atoms with van der Waals surface area (Å²) in [4.78, 5) is 0. The molecule has 2 aliphatic carbocycles. The second kappa shape index (κ2) is 4.34. The van der Waals surface area contributed by atoms with Crippen LogP contribution < -0.4 is 5.32 Å². The second-order valence-electron chi connectivity index (χ2n) is 7.18. The first-order valence-electron chi connectivity index (χ1n) is 7.73. The molecule has 2 bridgehead atoms. The normalized spacial score (nSPS) is 36.0. The van der Waals surface area contributed by atoms with Gasteiger partial charge < -0.3 is 5.32 Å². The van der Waals surface area contributed by atoms with Crippen molar-refractivity contribution in [2.24, 2.45) is 16.7 Å². The third kappa shape index (κ3) is 1.78. The molecule has 0 amide bonds. The van der Waals surface area contributed by atoms with Gasteiger partial charge in [-0.2, -0.15) is 5.10 Å². The number of nitrogens with one attached hydrogen (secondary N) is 1. The van der Waals surface area contributed by atoms with E-state index in [1.165, 1.54) is 25.0 Å². The fraction of sp³-hybridized carbons (Fsp3) is 0.812. The van der Waals surface area contributed by atoms with Gasteiger partial charge in [-0.05, 0) is 49.0 Å². The van der Waals surface area contributed by atoms with E-state index < -0.39 is 0 Å². The Bertz CT molecular complexity index is 462. The lowest BCUT2D eigenvalue weighted by Gasteiger charge is -2.39. The molecule has 0 aromatic carbocycles. The van der Waals surface area contributed by atoms with Crippen molar-refractivity contribution in [2.45, 2.75) is 66.1 Å². The molecule has 0 saturated heterocycles. The van der Waals surface area contributed by atoms with E-state index in [9.17, 15) is 0 Å². The molecule has 1 N–H and O–H groups in total. The van der Waals surface area contributed by atoms with Gasteiger partial charge in [-0.25, -0.2) is 0 Å². The van der Waals surface area contributed by atoms with Crippen LogP contribution in [0.15, 0.2) is 12.3 Å². The predicted octanol–water partition coefficient (Wildman–Crippen LogP) is 3.21. The van der Waals surface area contributed by atoms with Crippen LogP contribution in [-0.2, 0) is 13.1 Å². The Morgan fingerprint density at radius 2 is 2.21 bits per heavy atom. The first-order chi connectivity index (χ1) is 8.99. The first-order valence-corrected chi connectivity index (χ1v) is 7.73. The molecule has 1 aromatic heterocycles. The van der Waals surface area contributed by atoms with Crippen LogP contribution in [0.3, 0.4) is 0 Å². The van der Waals surface area contributed by atoms with Gasteiger partial charge in [0.15, 0.2) is 0 Å². The van der Waals surface area contributed by atoms with Gasteiger partial charge in [0.25, 0.3) is 0 Å². The van der Waals surface area contributed by atoms with E-state index in [4.69, 9.17) is 0 Å². The lowest BCUT2D eigenvalue weighted by molar-refractivity contribution is 0.120. The monoisotopic (exact) mass is 261 g/mol. The van der Waals surface area contributed by atoms with Crippen molar-refractivity contribution in [3.05, 3.63) is 18.0 Å². The maximum Gasteiger partial charge on any atom is 0.0522 e. The molecule has 3 nitrogen and oxygen atoms in total. The number of hydrogen-bond acceptors (Lipinski definition) is 2. The zero-order valence-electron chi connectivity index (χ0n) is 12.7. The van der Waals surface area contributed by atoms with E-state index >= 15 is 0 Å². The summed E-state index contributed by atoms with van der Waals surface area (Å²) in [5.74, 6) is 0.908. The number of aryl methyl sites for hydroxylation is 1. The molecular weight excluding hydrogens is 234 g/mol. The smallest absolute Gasteiger partial charge is 0.0522 e. The number of fused-ring (bicyclic) bond motifs is 2. The molecule has 2 saturated carbocycles. The lowest BCUT2D eigenvalue weighted by atomic mass is 9.69. The zero-order valence-corrected chi connectivity index (χ0v) is 12.7. The highest BCUT2D eigenvalue weighted by Gasteiger charge is 2.60. The van der Waals surface area contributed by atoms with E-state index in [-0.39, 0.29) is 0 Å². The number of nitrogens with zero attached hydrogens (tertiary/aromatic N) is 2. The van der Waals surface area contributed by atoms with Crippen LogP contribution >= 0.6 is 0 Å². The van der Waals surface area contributed by atoms with Crippen molar-refractivity contribution in [3.63, 3.8) is 0 Å². The van der Waals surface area contributed by atoms with Crippen LogP contribution in [0, 0.1) is 16.7 Å². The molecule has 3 atom stereocenters. The van der Waals surface area contributed by atoms with Gasteiger partial charge in [-0.3, -0.25) is 4.68 Å². The van der Waals surface area contributed by atoms with Crippen molar-refractivity contribution >= 4 is 0 Å². The van der Waals surface area contributed by atoms with E-state index in [1.807, 2.05) is 6.20 Å². The van der Waals surface area contributed by atoms with Gasteiger partial charge in [-0.15, -0.1) is 0 Å². The highest BCUT2D eigenvalue weighted by Crippen LogP contribution is 2.65. The summed E-state index contributed by atoms with van der Waals surface area (Å²) in [6.45, 7) is 11.5. The molecule has 0 aliphatic heterocycles. The second-order valence-corrected chi connectivity index (χ2v) is 7.18. The van der Waals surface area contributed by atoms with E-state index in [0.29, 0.717) is 16.9 Å². The fourth-order valence-electron chi connectivity index (χ4n) is 4.54. The van der Waals surface area contributed by atoms with Crippen LogP contribution in [-0.4, -0.2) is 15.8 Å². The molecule has 2 fully saturated rings. The summed E-state index contributed by atoms with van der Waals surface area (Å²) < 4.78 is 2.09. The molecule has 2 aliphatic rings. The zero-order chi connectivity index (χ0) is 13.7. The van der Waals surface area contributed by atoms with Gasteiger partial charge >= 0.3 is 0 Å². The number of hydrogen-bond donors (Lipinski definition) is 1. The van der Waals surface area contributed by atoms with Crippen LogP contribution in [0.25, 0.3) is 0 Å². The van der Waals surface area contributed by atoms with E-state index in [1.54, 1.807) is 0 Å². The molecule has 3 rings (SSSR count). The first kappa shape index (κ1) is 13.2. The van der Waals surface area contributed by atoms with Crippen molar-refractivity contribution in [3.8, 4) is 0 Å². The number of rotatable bonds is 4. The van der Waals surface area contributed by atoms with Crippen molar-refractivity contribution < 1.29 is 0 Å². The van der Waals surface area contributed by atoms with Crippen LogP contribution in [0.5, 0.6) is 0 Å². The van der Waals surface area contributed by atoms with Gasteiger partial charge in [0.05, 0.1) is 5.69 Å². The van der Waals surface area contributed by atoms with Crippen LogP contribution in [0.4, 0.5) is 0 Å². The lowest BCUT2D eigenvalue weighted by Crippen LogP contribution is -2.44. The van der Waals surface area contributed by atoms with E-state index in [0.717, 1.165) is 19.0 Å². The average Bonchev–Trinajstić information content (AvgIpc) is 2.97. The third-order valence-electron chi connectivity index (χ3n) is 6.43. The third-order valence-corrected chi connectivity index (χ3v) is 6.43. The quantitative estimate of drug-likeness (QED) is 0.902. The minimum atomic E-state index is 0.467. The largest absolute Gasteiger partial charge is 0.308 e. The van der Waals surface area contributed by atoms with Crippen molar-refractivity contribution in [1.82, 2.24) is 15.1 Å². The molecule has 1 aromatic rings. The molecule has 19 heavy (non-hydrogen) atoms. The predicted molar refractivity (Wildman–Crippen MR) is 77.8 cm³/mol. The van der Waals surface area contributed by atoms with Gasteiger partial charge in [0, 0.05) is 25.3 Å². The van der Waals surface area contributed by atoms with Crippen molar-refractivity contribution in [1.29, 1.82) is 0 Å². The van der Waals surface area contributed by atoms with E-state index in [2.05, 4.69) is 48.9 Å². The standard InChI is InChI=1S/C16H27N3/c1-5-19-13(7-9-18-19)11-17-14-10-12-6-8-16(14,4)15(12,2)3/h7,9,12,14,17H,5-6,8,10-11H2,1-4H3. The fourth-order valence-corrected chi connectivity index (χ4v) is 4.54. The Morgan fingerprint density at radius 3 is 2.79 bits per heavy atom. The molecule has 3 heteroatoms. The minimum absolute atomic E-state index is 0.467. The highest BCUT2D eigenvalue weighted by atomic mass is 15.3. The van der Waals surface area contributed by atoms with Crippen molar-refractivity contribution in [2.75, 3.05) is 0 Å². The summed E-state index contributed by atoms with van der Waals surface area (Å²) in [5, 5.41) is 8.18. The highest BCUT2D eigenvalue weighted by molar-refractivity contribution is 5.13. The Balaban J connectivity index is 1.69. The van der Waals surface area contributed by atoms with Gasteiger partial charge in [-0.1, -0.05) is 20.8 Å². The number of aromatic nitrogens is 2. The molecule has 0 spiro atoms. The summed E-state index contributed by atoms with van der Waals surface area (Å²) in [6, 6.07) is 2.80. The topological polar surface area (TPSA) is 29.9 Å². The van der Waals surface area contributed by atoms with Gasteiger partial charge in [0.1, 0.15) is 0 Å². The summed E-state index contributed by atoms with van der Waals surface area (Å²) in [6.07, 6.45) is 6.07. The van der Waals surface area contributed by atoms with Gasteiger partial charge in [0.2, 0.25) is 0 Å². The Hall–Kier alpha value is -0.830. The maximum atomic E-state index is 4.35. The van der Waals surface area contributed by atoms with Crippen LogP contribution in [0.2, 0.25) is 0 Å². The Morgan fingerprint density at radius 1 is 1.42 bits per heavy atom. The summed E-state index contributed by atoms with van der Waals surface area (Å²) in [7, 11) is 0. The summed E-state index contributed by atoms with van der Waals surface area (Å²) >= 11 is 0. The molecule has 1 heterocycles. The minimum Gasteiger partial charge on any atom is -0.308 e. The maximum absolute atomic E-state index is 4.35. The molecule has 106 valence electrons. The SMILES string of the molecule is CCn1nccc1CNC1CC2CCC1(C)C2(C)C. The van der Waals surface area contributed by atoms with Crippen LogP contribution in [0.1, 0.15) is 52.7 Å². The molecule has 0 radical (unpaired) electrons. The Labute approximate surface area is 116 Å². The Kier molecular flexibility index (Phi) is 3.01.